The molecule has 2 rings (SSSR count). The molecule has 1 nitrogen and oxygen atoms in total. The van der Waals surface area contributed by atoms with Gasteiger partial charge in [-0.15, -0.1) is 12.2 Å². The van der Waals surface area contributed by atoms with E-state index in [9.17, 15) is 4.89 Å². The SMILES string of the molecule is OP(=S)(S)C12CCC(CC1)C2. The number of fused-ring (bicyclic) bond motifs is 2. The lowest BCUT2D eigenvalue weighted by molar-refractivity contribution is 0.480. The van der Waals surface area contributed by atoms with Crippen molar-refractivity contribution in [2.24, 2.45) is 5.92 Å². The van der Waals surface area contributed by atoms with Gasteiger partial charge in [0.2, 0.25) is 0 Å². The molecule has 0 aromatic heterocycles. The quantitative estimate of drug-likeness (QED) is 0.510. The largest absolute Gasteiger partial charge is 0.357 e. The molecule has 2 bridgehead atoms. The molecule has 0 spiro atoms. The Hall–Kier alpha value is 0.960. The normalized spacial score (nSPS) is 47.6. The monoisotopic (exact) mass is 208 g/mol. The molecule has 0 aromatic carbocycles. The van der Waals surface area contributed by atoms with Crippen molar-refractivity contribution in [2.45, 2.75) is 37.3 Å². The Morgan fingerprint density at radius 2 is 2.00 bits per heavy atom. The smallest absolute Gasteiger partial charge is 0.120 e. The summed E-state index contributed by atoms with van der Waals surface area (Å²) in [6, 6.07) is 0. The summed E-state index contributed by atoms with van der Waals surface area (Å²) in [6.07, 6.45) is 5.98. The van der Waals surface area contributed by atoms with Gasteiger partial charge in [-0.1, -0.05) is 11.8 Å². The third kappa shape index (κ3) is 1.21. The van der Waals surface area contributed by atoms with E-state index in [2.05, 4.69) is 12.2 Å². The lowest BCUT2D eigenvalue weighted by Gasteiger charge is -2.31. The first-order valence-corrected chi connectivity index (χ1v) is 8.00. The van der Waals surface area contributed by atoms with E-state index in [4.69, 9.17) is 11.8 Å². The Morgan fingerprint density at radius 3 is 2.18 bits per heavy atom. The fraction of sp³-hybridized carbons (Fsp3) is 1.00. The van der Waals surface area contributed by atoms with Gasteiger partial charge < -0.3 is 4.89 Å². The Labute approximate surface area is 77.8 Å². The number of thiol groups is 1. The summed E-state index contributed by atoms with van der Waals surface area (Å²) in [5.41, 5.74) is -2.27. The van der Waals surface area contributed by atoms with E-state index in [-0.39, 0.29) is 5.16 Å². The fourth-order valence-corrected chi connectivity index (χ4v) is 5.52. The van der Waals surface area contributed by atoms with E-state index in [1.807, 2.05) is 0 Å². The molecule has 0 aromatic rings. The van der Waals surface area contributed by atoms with Crippen molar-refractivity contribution in [1.82, 2.24) is 0 Å². The molecule has 2 saturated carbocycles. The van der Waals surface area contributed by atoms with Gasteiger partial charge in [0.25, 0.3) is 0 Å². The van der Waals surface area contributed by atoms with Crippen LogP contribution in [0.25, 0.3) is 0 Å². The predicted molar refractivity (Wildman–Crippen MR) is 54.8 cm³/mol. The van der Waals surface area contributed by atoms with Crippen molar-refractivity contribution in [3.8, 4) is 0 Å². The summed E-state index contributed by atoms with van der Waals surface area (Å²) in [5, 5.41) is 0.0934. The van der Waals surface area contributed by atoms with Gasteiger partial charge in [0.1, 0.15) is 5.47 Å². The minimum atomic E-state index is -2.27. The van der Waals surface area contributed by atoms with E-state index < -0.39 is 5.47 Å². The topological polar surface area (TPSA) is 20.2 Å². The van der Waals surface area contributed by atoms with Gasteiger partial charge >= 0.3 is 0 Å². The van der Waals surface area contributed by atoms with Crippen LogP contribution in [0.15, 0.2) is 0 Å². The molecule has 64 valence electrons. The minimum Gasteiger partial charge on any atom is -0.357 e. The van der Waals surface area contributed by atoms with Crippen LogP contribution in [0.4, 0.5) is 0 Å². The van der Waals surface area contributed by atoms with Crippen molar-refractivity contribution in [2.75, 3.05) is 0 Å². The van der Waals surface area contributed by atoms with E-state index in [0.717, 1.165) is 25.2 Å². The Morgan fingerprint density at radius 1 is 1.45 bits per heavy atom. The van der Waals surface area contributed by atoms with Gasteiger partial charge in [0.15, 0.2) is 0 Å². The van der Waals surface area contributed by atoms with Crippen LogP contribution in [0.5, 0.6) is 0 Å². The molecule has 0 aliphatic heterocycles. The van der Waals surface area contributed by atoms with Crippen LogP contribution >= 0.6 is 17.7 Å². The lowest BCUT2D eigenvalue weighted by Crippen LogP contribution is -2.19. The van der Waals surface area contributed by atoms with Crippen molar-refractivity contribution in [3.05, 3.63) is 0 Å². The summed E-state index contributed by atoms with van der Waals surface area (Å²) in [7, 11) is 0. The molecule has 1 N–H and O–H groups in total. The Bertz CT molecular complexity index is 214. The lowest BCUT2D eigenvalue weighted by atomic mass is 10.0. The molecule has 11 heavy (non-hydrogen) atoms. The number of hydrogen-bond donors (Lipinski definition) is 2. The van der Waals surface area contributed by atoms with Crippen LogP contribution < -0.4 is 0 Å². The molecule has 2 aliphatic rings. The van der Waals surface area contributed by atoms with Crippen LogP contribution in [0, 0.1) is 5.92 Å². The average Bonchev–Trinajstić information content (AvgIpc) is 2.42. The number of hydrogen-bond acceptors (Lipinski definition) is 1. The highest BCUT2D eigenvalue weighted by molar-refractivity contribution is 8.61. The maximum absolute atomic E-state index is 9.78. The van der Waals surface area contributed by atoms with Gasteiger partial charge in [0, 0.05) is 5.16 Å². The van der Waals surface area contributed by atoms with Crippen molar-refractivity contribution in [1.29, 1.82) is 0 Å². The fourth-order valence-electron chi connectivity index (χ4n) is 2.57. The standard InChI is InChI=1S/C7H13OPS2/c8-9(10,11)7-3-1-6(5-7)2-4-7/h6H,1-5H2,(H2,8,10,11). The third-order valence-electron chi connectivity index (χ3n) is 3.32. The highest BCUT2D eigenvalue weighted by atomic mass is 32.9. The van der Waals surface area contributed by atoms with Gasteiger partial charge in [-0.25, -0.2) is 0 Å². The summed E-state index contributed by atoms with van der Waals surface area (Å²) in [6.45, 7) is 0. The molecule has 2 aliphatic carbocycles. The van der Waals surface area contributed by atoms with Crippen LogP contribution in [0.1, 0.15) is 32.1 Å². The molecule has 1 unspecified atom stereocenters. The van der Waals surface area contributed by atoms with Gasteiger partial charge in [-0.3, -0.25) is 0 Å². The van der Waals surface area contributed by atoms with E-state index in [1.54, 1.807) is 0 Å². The molecular formula is C7H13OPS2. The van der Waals surface area contributed by atoms with Crippen LogP contribution in [-0.2, 0) is 11.8 Å². The maximum Gasteiger partial charge on any atom is 0.120 e. The van der Waals surface area contributed by atoms with E-state index in [1.165, 1.54) is 12.8 Å². The number of rotatable bonds is 1. The highest BCUT2D eigenvalue weighted by Gasteiger charge is 2.51. The van der Waals surface area contributed by atoms with Gasteiger partial charge in [-0.2, -0.15) is 0 Å². The maximum atomic E-state index is 9.78. The molecule has 0 heterocycles. The molecule has 2 fully saturated rings. The Kier molecular flexibility index (Phi) is 1.92. The highest BCUT2D eigenvalue weighted by Crippen LogP contribution is 2.71. The average molecular weight is 208 g/mol. The second-order valence-corrected chi connectivity index (χ2v) is 10.1. The van der Waals surface area contributed by atoms with Crippen molar-refractivity contribution < 1.29 is 4.89 Å². The summed E-state index contributed by atoms with van der Waals surface area (Å²) >= 11 is 9.34. The molecule has 0 amide bonds. The van der Waals surface area contributed by atoms with Gasteiger partial charge in [0.05, 0.1) is 0 Å². The van der Waals surface area contributed by atoms with Crippen LogP contribution in [0.2, 0.25) is 0 Å². The summed E-state index contributed by atoms with van der Waals surface area (Å²) < 4.78 is 0. The molecule has 0 saturated heterocycles. The molecular weight excluding hydrogens is 195 g/mol. The first-order chi connectivity index (χ1) is 5.04. The van der Waals surface area contributed by atoms with Crippen molar-refractivity contribution in [3.63, 3.8) is 0 Å². The van der Waals surface area contributed by atoms with Crippen LogP contribution in [-0.4, -0.2) is 10.0 Å². The molecule has 4 heteroatoms. The van der Waals surface area contributed by atoms with E-state index in [0.29, 0.717) is 0 Å². The minimum absolute atomic E-state index is 0.0934. The second kappa shape index (κ2) is 2.47. The van der Waals surface area contributed by atoms with E-state index >= 15 is 0 Å². The predicted octanol–water partition coefficient (Wildman–Crippen LogP) is 2.55. The third-order valence-corrected chi connectivity index (χ3v) is 7.62. The van der Waals surface area contributed by atoms with Gasteiger partial charge in [-0.05, 0) is 38.0 Å². The summed E-state index contributed by atoms with van der Waals surface area (Å²) in [5.74, 6) is 0.858. The second-order valence-electron chi connectivity index (χ2n) is 3.92. The molecule has 1 atom stereocenters. The zero-order chi connectivity index (χ0) is 8.11. The first kappa shape index (κ1) is 8.55. The summed E-state index contributed by atoms with van der Waals surface area (Å²) in [4.78, 5) is 9.78. The zero-order valence-corrected chi connectivity index (χ0v) is 8.97. The van der Waals surface area contributed by atoms with Crippen molar-refractivity contribution >= 4 is 29.5 Å². The van der Waals surface area contributed by atoms with Crippen LogP contribution in [0.3, 0.4) is 0 Å². The Balaban J connectivity index is 2.30. The molecule has 0 radical (unpaired) electrons. The zero-order valence-electron chi connectivity index (χ0n) is 6.36. The first-order valence-electron chi connectivity index (χ1n) is 4.09.